The molecule has 0 aromatic carbocycles. The first kappa shape index (κ1) is 64.4. The molecule has 0 aliphatic heterocycles. The van der Waals surface area contributed by atoms with Crippen LogP contribution in [0.25, 0.3) is 29.1 Å². The van der Waals surface area contributed by atoms with Crippen molar-refractivity contribution in [2.45, 2.75) is 116 Å². The molecule has 0 spiro atoms. The van der Waals surface area contributed by atoms with Gasteiger partial charge in [0.15, 0.2) is 0 Å². The zero-order valence-electron chi connectivity index (χ0n) is 35.0. The topological polar surface area (TPSA) is 184 Å². The van der Waals surface area contributed by atoms with E-state index in [0.717, 1.165) is 0 Å². The second-order valence-electron chi connectivity index (χ2n) is 13.0. The van der Waals surface area contributed by atoms with E-state index < -0.39 is 69.0 Å². The van der Waals surface area contributed by atoms with Crippen molar-refractivity contribution < 1.29 is 77.3 Å². The number of hydrogen-bond donors (Lipinski definition) is 0. The molecule has 307 valence electrons. The minimum absolute atomic E-state index is 0. The zero-order valence-corrected chi connectivity index (χ0v) is 36.8. The van der Waals surface area contributed by atoms with Crippen molar-refractivity contribution in [3.05, 3.63) is 68.5 Å². The van der Waals surface area contributed by atoms with Gasteiger partial charge in [-0.15, -0.1) is 0 Å². The minimum atomic E-state index is -1.02. The Bertz CT molecular complexity index is 1230. The molecule has 0 aliphatic carbocycles. The first-order valence-corrected chi connectivity index (χ1v) is 15.1. The summed E-state index contributed by atoms with van der Waals surface area (Å²) in [7, 11) is 7.64. The maximum absolute atomic E-state index is 10.6. The Morgan fingerprint density at radius 2 is 0.364 bits per heavy atom. The Labute approximate surface area is 339 Å². The van der Waals surface area contributed by atoms with Crippen LogP contribution in [0, 0.1) is 39.4 Å². The molecule has 0 saturated heterocycles. The van der Waals surface area contributed by atoms with Crippen LogP contribution in [0.4, 0.5) is 0 Å². The van der Waals surface area contributed by atoms with Crippen molar-refractivity contribution in [2.24, 2.45) is 0 Å². The molecular formula is C36H54N6O12Tc. The van der Waals surface area contributed by atoms with E-state index in [-0.39, 0.29) is 20.1 Å². The number of carbonyl (C=O) groups is 6. The predicted molar refractivity (Wildman–Crippen MR) is 196 cm³/mol. The number of nitrogens with zero attached hydrogens (tertiary/aromatic N) is 6. The van der Waals surface area contributed by atoms with Gasteiger partial charge in [0.2, 0.25) is 0 Å². The molecule has 0 aromatic rings. The molecule has 0 unspecified atom stereocenters. The monoisotopic (exact) mass is 859 g/mol. The Hall–Kier alpha value is -5.59. The van der Waals surface area contributed by atoms with Crippen molar-refractivity contribution in [1.29, 1.82) is 0 Å². The van der Waals surface area contributed by atoms with Gasteiger partial charge < -0.3 is 28.4 Å². The number of esters is 6. The standard InChI is InChI=1S/6C6H9NO2.Tc/c6*1-6(2,7-3)5(8)9-4;/h6*1-2,4H3;. The summed E-state index contributed by atoms with van der Waals surface area (Å²) in [4.78, 5) is 82.2. The zero-order chi connectivity index (χ0) is 44.9. The number of carbonyl (C=O) groups excluding carboxylic acids is 6. The SMILES string of the molecule is [C-]#[N+]C(C)(C)C(=O)OC.[C-]#[N+]C(C)(C)C(=O)OC.[C-]#[N+]C(C)(C)C(=O)OC.[C-]#[N+]C(C)(C)C(=O)OC.[C-]#[N+]C(C)(C)C(=O)OC.[C-]#[N+]C(C)(C)C(=O)OC.[Tc]. The molecule has 18 nitrogen and oxygen atoms in total. The van der Waals surface area contributed by atoms with E-state index in [1.165, 1.54) is 126 Å². The third-order valence-electron chi connectivity index (χ3n) is 5.79. The summed E-state index contributed by atoms with van der Waals surface area (Å²) < 4.78 is 26.1. The third kappa shape index (κ3) is 28.6. The largest absolute Gasteiger partial charge is 0.463 e. The van der Waals surface area contributed by atoms with Gasteiger partial charge in [-0.25, -0.2) is 68.2 Å². The van der Waals surface area contributed by atoms with E-state index in [1.807, 2.05) is 0 Å². The molecule has 0 amide bonds. The van der Waals surface area contributed by atoms with Gasteiger partial charge in [0.05, 0.1) is 42.7 Å². The Morgan fingerprint density at radius 1 is 0.291 bits per heavy atom. The maximum Gasteiger partial charge on any atom is 0.392 e. The summed E-state index contributed by atoms with van der Waals surface area (Å²) in [5.41, 5.74) is -6.11. The van der Waals surface area contributed by atoms with Crippen molar-refractivity contribution in [3.63, 3.8) is 0 Å². The predicted octanol–water partition coefficient (Wildman–Crippen LogP) is 5.14. The van der Waals surface area contributed by atoms with Gasteiger partial charge in [0.1, 0.15) is 0 Å². The number of hydrogen-bond acceptors (Lipinski definition) is 12. The van der Waals surface area contributed by atoms with E-state index in [9.17, 15) is 28.8 Å². The summed E-state index contributed by atoms with van der Waals surface area (Å²) in [6, 6.07) is 0. The minimum Gasteiger partial charge on any atom is -0.463 e. The molecular weight excluding hydrogens is 806 g/mol. The molecule has 19 heteroatoms. The third-order valence-corrected chi connectivity index (χ3v) is 5.79. The van der Waals surface area contributed by atoms with Crippen LogP contribution < -0.4 is 0 Å². The van der Waals surface area contributed by atoms with E-state index in [2.05, 4.69) is 57.5 Å². The number of methoxy groups -OCH3 is 6. The smallest absolute Gasteiger partial charge is 0.392 e. The van der Waals surface area contributed by atoms with Gasteiger partial charge in [-0.05, 0) is 0 Å². The van der Waals surface area contributed by atoms with Crippen LogP contribution in [0.15, 0.2) is 0 Å². The van der Waals surface area contributed by atoms with Gasteiger partial charge in [-0.2, -0.15) is 0 Å². The molecule has 0 N–H and O–H groups in total. The fraction of sp³-hybridized carbons (Fsp3) is 0.667. The molecule has 0 aromatic heterocycles. The molecule has 0 rings (SSSR count). The van der Waals surface area contributed by atoms with Gasteiger partial charge in [-0.3, -0.25) is 29.1 Å². The van der Waals surface area contributed by atoms with Crippen LogP contribution in [0.5, 0.6) is 0 Å². The first-order chi connectivity index (χ1) is 24.3. The fourth-order valence-corrected chi connectivity index (χ4v) is 1.77. The van der Waals surface area contributed by atoms with Crippen molar-refractivity contribution in [3.8, 4) is 0 Å². The van der Waals surface area contributed by atoms with Crippen LogP contribution in [0.3, 0.4) is 0 Å². The second-order valence-corrected chi connectivity index (χ2v) is 13.0. The van der Waals surface area contributed by atoms with E-state index >= 15 is 0 Å². The van der Waals surface area contributed by atoms with Crippen LogP contribution in [-0.4, -0.2) is 112 Å². The Morgan fingerprint density at radius 3 is 0.382 bits per heavy atom. The van der Waals surface area contributed by atoms with Crippen molar-refractivity contribution >= 4 is 35.8 Å². The van der Waals surface area contributed by atoms with Crippen LogP contribution >= 0.6 is 0 Å². The normalized spacial score (nSPS) is 9.82. The summed E-state index contributed by atoms with van der Waals surface area (Å²) in [6.45, 7) is 57.6. The van der Waals surface area contributed by atoms with E-state index in [0.29, 0.717) is 0 Å². The average Bonchev–Trinajstić information content (AvgIpc) is 3.16. The molecule has 0 heterocycles. The van der Waals surface area contributed by atoms with E-state index in [4.69, 9.17) is 39.4 Å². The van der Waals surface area contributed by atoms with Crippen LogP contribution in [0.1, 0.15) is 83.1 Å². The summed E-state index contributed by atoms with van der Waals surface area (Å²) >= 11 is 0. The number of rotatable bonds is 6. The summed E-state index contributed by atoms with van der Waals surface area (Å²) in [5.74, 6) is -2.93. The van der Waals surface area contributed by atoms with E-state index in [1.54, 1.807) is 0 Å². The van der Waals surface area contributed by atoms with Crippen LogP contribution in [0.2, 0.25) is 0 Å². The summed E-state index contributed by atoms with van der Waals surface area (Å²) in [6.07, 6.45) is 0. The fourth-order valence-electron chi connectivity index (χ4n) is 1.77. The molecule has 0 fully saturated rings. The van der Waals surface area contributed by atoms with Gasteiger partial charge in [-0.1, -0.05) is 0 Å². The first-order valence-electron chi connectivity index (χ1n) is 15.1. The number of ether oxygens (including phenoxy) is 6. The van der Waals surface area contributed by atoms with Crippen molar-refractivity contribution in [2.75, 3.05) is 42.7 Å². The molecule has 1 radical (unpaired) electrons. The Kier molecular flexibility index (Phi) is 34.9. The molecule has 0 saturated carbocycles. The van der Waals surface area contributed by atoms with Crippen LogP contribution in [-0.2, 0) is 77.3 Å². The molecule has 0 atom stereocenters. The average molecular weight is 861 g/mol. The maximum atomic E-state index is 10.6. The quantitative estimate of drug-likeness (QED) is 0.195. The second kappa shape index (κ2) is 29.8. The molecule has 0 bridgehead atoms. The van der Waals surface area contributed by atoms with Gasteiger partial charge in [0.25, 0.3) is 0 Å². The summed E-state index contributed by atoms with van der Waals surface area (Å²) in [5, 5.41) is 0. The van der Waals surface area contributed by atoms with Gasteiger partial charge in [0, 0.05) is 103 Å². The molecule has 0 aliphatic rings. The van der Waals surface area contributed by atoms with Gasteiger partial charge >= 0.3 is 69.0 Å². The molecule has 55 heavy (non-hydrogen) atoms. The Balaban J connectivity index is -0.000000100. The van der Waals surface area contributed by atoms with Crippen molar-refractivity contribution in [1.82, 2.24) is 0 Å².